The Hall–Kier alpha value is -4.37. The highest BCUT2D eigenvalue weighted by Gasteiger charge is 2.37. The molecule has 1 aliphatic rings. The fourth-order valence-electron chi connectivity index (χ4n) is 5.20. The molecular formula is C31H32ClN5O4. The predicted octanol–water partition coefficient (Wildman–Crippen LogP) is 5.49. The van der Waals surface area contributed by atoms with Gasteiger partial charge in [-0.15, -0.1) is 5.10 Å². The molecule has 0 saturated heterocycles. The second-order valence-electron chi connectivity index (χ2n) is 9.93. The summed E-state index contributed by atoms with van der Waals surface area (Å²) in [6.45, 7) is 0.160. The Morgan fingerprint density at radius 2 is 1.88 bits per heavy atom. The molecule has 2 amide bonds. The summed E-state index contributed by atoms with van der Waals surface area (Å²) in [6.07, 6.45) is 6.47. The highest BCUT2D eigenvalue weighted by molar-refractivity contribution is 6.30. The summed E-state index contributed by atoms with van der Waals surface area (Å²) < 4.78 is 12.4. The number of para-hydroxylation sites is 1. The number of methoxy groups -OCH3 is 2. The summed E-state index contributed by atoms with van der Waals surface area (Å²) in [5.41, 5.74) is 2.80. The van der Waals surface area contributed by atoms with Crippen LogP contribution in [0.15, 0.2) is 78.9 Å². The SMILES string of the molecule is COc1ccc(NC(=O)[C@@H]([C@@H]2CC=CCC2)N(Cc2ccc(Cl)cc2)C(=O)Cn2nnc3ccccc32)c(OC)c1. The van der Waals surface area contributed by atoms with Crippen LogP contribution < -0.4 is 14.8 Å². The van der Waals surface area contributed by atoms with E-state index in [0.29, 0.717) is 34.1 Å². The molecule has 212 valence electrons. The molecule has 1 aromatic heterocycles. The van der Waals surface area contributed by atoms with Crippen molar-refractivity contribution in [2.45, 2.75) is 38.4 Å². The van der Waals surface area contributed by atoms with Gasteiger partial charge in [0.2, 0.25) is 11.8 Å². The first-order chi connectivity index (χ1) is 20.0. The molecule has 0 fully saturated rings. The van der Waals surface area contributed by atoms with Gasteiger partial charge in [-0.25, -0.2) is 4.68 Å². The van der Waals surface area contributed by atoms with Gasteiger partial charge in [-0.1, -0.05) is 53.2 Å². The van der Waals surface area contributed by atoms with Crippen molar-refractivity contribution in [1.29, 1.82) is 0 Å². The van der Waals surface area contributed by atoms with Gasteiger partial charge < -0.3 is 19.7 Å². The Morgan fingerprint density at radius 1 is 1.07 bits per heavy atom. The maximum absolute atomic E-state index is 14.2. The van der Waals surface area contributed by atoms with E-state index in [2.05, 4.69) is 27.8 Å². The lowest BCUT2D eigenvalue weighted by Gasteiger charge is -2.37. The van der Waals surface area contributed by atoms with E-state index >= 15 is 0 Å². The summed E-state index contributed by atoms with van der Waals surface area (Å²) in [5.74, 6) is 0.442. The number of ether oxygens (including phenoxy) is 2. The van der Waals surface area contributed by atoms with E-state index in [9.17, 15) is 9.59 Å². The molecule has 4 aromatic rings. The molecule has 0 saturated carbocycles. The zero-order valence-corrected chi connectivity index (χ0v) is 23.8. The van der Waals surface area contributed by atoms with Gasteiger partial charge in [-0.05, 0) is 67.1 Å². The molecule has 1 N–H and O–H groups in total. The van der Waals surface area contributed by atoms with Gasteiger partial charge in [0.1, 0.15) is 29.6 Å². The third-order valence-electron chi connectivity index (χ3n) is 7.32. The zero-order chi connectivity index (χ0) is 28.8. The third kappa shape index (κ3) is 6.52. The fraction of sp³-hybridized carbons (Fsp3) is 0.290. The number of halogens is 1. The average Bonchev–Trinajstić information content (AvgIpc) is 3.41. The second kappa shape index (κ2) is 12.9. The number of hydrogen-bond donors (Lipinski definition) is 1. The number of amides is 2. The molecule has 0 bridgehead atoms. The summed E-state index contributed by atoms with van der Waals surface area (Å²) in [4.78, 5) is 30.0. The van der Waals surface area contributed by atoms with E-state index in [1.165, 1.54) is 7.11 Å². The first kappa shape index (κ1) is 28.2. The monoisotopic (exact) mass is 573 g/mol. The van der Waals surface area contributed by atoms with Crippen LogP contribution >= 0.6 is 11.6 Å². The van der Waals surface area contributed by atoms with E-state index in [0.717, 1.165) is 23.9 Å². The minimum Gasteiger partial charge on any atom is -0.497 e. The minimum atomic E-state index is -0.760. The summed E-state index contributed by atoms with van der Waals surface area (Å²) in [5, 5.41) is 12.1. The normalized spacial score (nSPS) is 15.3. The Labute approximate surface area is 243 Å². The molecule has 41 heavy (non-hydrogen) atoms. The fourth-order valence-corrected chi connectivity index (χ4v) is 5.33. The van der Waals surface area contributed by atoms with Gasteiger partial charge in [0.25, 0.3) is 0 Å². The smallest absolute Gasteiger partial charge is 0.247 e. The van der Waals surface area contributed by atoms with Gasteiger partial charge >= 0.3 is 0 Å². The van der Waals surface area contributed by atoms with E-state index in [-0.39, 0.29) is 30.8 Å². The molecule has 0 spiro atoms. The second-order valence-corrected chi connectivity index (χ2v) is 10.4. The van der Waals surface area contributed by atoms with Crippen molar-refractivity contribution in [1.82, 2.24) is 19.9 Å². The first-order valence-corrected chi connectivity index (χ1v) is 13.8. The van der Waals surface area contributed by atoms with Crippen LogP contribution in [0.2, 0.25) is 5.02 Å². The van der Waals surface area contributed by atoms with Crippen LogP contribution in [0, 0.1) is 5.92 Å². The van der Waals surface area contributed by atoms with Crippen molar-refractivity contribution < 1.29 is 19.1 Å². The van der Waals surface area contributed by atoms with Crippen molar-refractivity contribution in [3.05, 3.63) is 89.5 Å². The Kier molecular flexibility index (Phi) is 8.84. The highest BCUT2D eigenvalue weighted by atomic mass is 35.5. The summed E-state index contributed by atoms with van der Waals surface area (Å²) >= 11 is 6.14. The molecule has 5 rings (SSSR count). The van der Waals surface area contributed by atoms with Crippen molar-refractivity contribution in [3.8, 4) is 11.5 Å². The lowest BCUT2D eigenvalue weighted by atomic mass is 9.85. The van der Waals surface area contributed by atoms with Crippen LogP contribution in [-0.2, 0) is 22.7 Å². The van der Waals surface area contributed by atoms with Gasteiger partial charge in [-0.2, -0.15) is 0 Å². The van der Waals surface area contributed by atoms with Crippen molar-refractivity contribution in [3.63, 3.8) is 0 Å². The number of rotatable bonds is 10. The Morgan fingerprint density at radius 3 is 2.61 bits per heavy atom. The molecule has 9 nitrogen and oxygen atoms in total. The molecule has 0 unspecified atom stereocenters. The maximum Gasteiger partial charge on any atom is 0.247 e. The number of hydrogen-bond acceptors (Lipinski definition) is 6. The van der Waals surface area contributed by atoms with Crippen LogP contribution in [0.1, 0.15) is 24.8 Å². The number of benzene rings is 3. The van der Waals surface area contributed by atoms with Gasteiger partial charge in [0.05, 0.1) is 25.4 Å². The zero-order valence-electron chi connectivity index (χ0n) is 23.0. The average molecular weight is 574 g/mol. The van der Waals surface area contributed by atoms with Crippen molar-refractivity contribution in [2.24, 2.45) is 5.92 Å². The number of allylic oxidation sites excluding steroid dienone is 2. The number of carbonyl (C=O) groups is 2. The number of fused-ring (bicyclic) bond motifs is 1. The summed E-state index contributed by atoms with van der Waals surface area (Å²) in [6, 6.07) is 19.2. The van der Waals surface area contributed by atoms with Crippen molar-refractivity contribution in [2.75, 3.05) is 19.5 Å². The third-order valence-corrected chi connectivity index (χ3v) is 7.57. The van der Waals surface area contributed by atoms with Crippen LogP contribution in [-0.4, -0.2) is 52.0 Å². The van der Waals surface area contributed by atoms with Crippen LogP contribution in [0.4, 0.5) is 5.69 Å². The highest BCUT2D eigenvalue weighted by Crippen LogP contribution is 2.32. The molecule has 0 aliphatic heterocycles. The lowest BCUT2D eigenvalue weighted by Crippen LogP contribution is -2.52. The molecule has 1 aliphatic carbocycles. The molecular weight excluding hydrogens is 542 g/mol. The molecule has 10 heteroatoms. The largest absolute Gasteiger partial charge is 0.497 e. The number of nitrogens with zero attached hydrogens (tertiary/aromatic N) is 4. The molecule has 1 heterocycles. The number of anilines is 1. The lowest BCUT2D eigenvalue weighted by molar-refractivity contribution is -0.142. The first-order valence-electron chi connectivity index (χ1n) is 13.5. The van der Waals surface area contributed by atoms with E-state index in [1.54, 1.807) is 47.0 Å². The molecule has 3 aromatic carbocycles. The quantitative estimate of drug-likeness (QED) is 0.252. The van der Waals surface area contributed by atoms with E-state index in [4.69, 9.17) is 21.1 Å². The van der Waals surface area contributed by atoms with Crippen LogP contribution in [0.25, 0.3) is 11.0 Å². The predicted molar refractivity (Wildman–Crippen MR) is 158 cm³/mol. The van der Waals surface area contributed by atoms with E-state index in [1.807, 2.05) is 36.4 Å². The minimum absolute atomic E-state index is 0.0632. The Bertz CT molecular complexity index is 1550. The van der Waals surface area contributed by atoms with Crippen LogP contribution in [0.3, 0.4) is 0 Å². The standard InChI is InChI=1S/C31H32ClN5O4/c1-40-24-16-17-26(28(18-24)41-2)33-31(39)30(22-8-4-3-5-9-22)36(19-21-12-14-23(32)15-13-21)29(38)20-37-27-11-7-6-10-25(27)34-35-37/h3-4,6-7,10-18,22,30H,5,8-9,19-20H2,1-2H3,(H,33,39)/t22-,30-/m1/s1. The van der Waals surface area contributed by atoms with Gasteiger partial charge in [0, 0.05) is 17.6 Å². The van der Waals surface area contributed by atoms with E-state index < -0.39 is 6.04 Å². The maximum atomic E-state index is 14.2. The number of carbonyl (C=O) groups excluding carboxylic acids is 2. The molecule has 2 atom stereocenters. The van der Waals surface area contributed by atoms with Gasteiger partial charge in [0.15, 0.2) is 0 Å². The van der Waals surface area contributed by atoms with Gasteiger partial charge in [-0.3, -0.25) is 9.59 Å². The Balaban J connectivity index is 1.51. The van der Waals surface area contributed by atoms with Crippen molar-refractivity contribution >= 4 is 40.1 Å². The topological polar surface area (TPSA) is 98.6 Å². The summed E-state index contributed by atoms with van der Waals surface area (Å²) in [7, 11) is 3.10. The number of aromatic nitrogens is 3. The number of nitrogens with one attached hydrogen (secondary N) is 1. The van der Waals surface area contributed by atoms with Crippen LogP contribution in [0.5, 0.6) is 11.5 Å². The molecule has 0 radical (unpaired) electrons.